The molecule has 5 aliphatic heterocycles. The summed E-state index contributed by atoms with van der Waals surface area (Å²) in [6.07, 6.45) is 5.88. The summed E-state index contributed by atoms with van der Waals surface area (Å²) < 4.78 is 6.34. The molecule has 0 spiro atoms. The number of nitrogens with one attached hydrogen (secondary N) is 1. The Kier molecular flexibility index (Phi) is 5.93. The van der Waals surface area contributed by atoms with Crippen LogP contribution in [0.1, 0.15) is 42.5 Å². The molecule has 2 aromatic carbocycles. The number of fused-ring (bicyclic) bond motifs is 5. The van der Waals surface area contributed by atoms with Crippen molar-refractivity contribution in [1.82, 2.24) is 20.2 Å². The lowest BCUT2D eigenvalue weighted by Crippen LogP contribution is -2.61. The van der Waals surface area contributed by atoms with Crippen LogP contribution in [0.3, 0.4) is 0 Å². The molecule has 0 aliphatic carbocycles. The summed E-state index contributed by atoms with van der Waals surface area (Å²) in [7, 11) is 2.20. The van der Waals surface area contributed by atoms with Gasteiger partial charge in [-0.05, 0) is 69.6 Å². The minimum atomic E-state index is 0.452. The van der Waals surface area contributed by atoms with Gasteiger partial charge in [-0.25, -0.2) is 0 Å². The van der Waals surface area contributed by atoms with Crippen LogP contribution in [0, 0.1) is 6.92 Å². The molecule has 194 valence electrons. The van der Waals surface area contributed by atoms with Gasteiger partial charge in [0.15, 0.2) is 0 Å². The quantitative estimate of drug-likeness (QED) is 0.572. The number of aromatic nitrogens is 2. The molecule has 2 bridgehead atoms. The Labute approximate surface area is 219 Å². The van der Waals surface area contributed by atoms with Gasteiger partial charge < -0.3 is 24.8 Å². The summed E-state index contributed by atoms with van der Waals surface area (Å²) in [5.41, 5.74) is 5.08. The van der Waals surface area contributed by atoms with Gasteiger partial charge in [-0.3, -0.25) is 0 Å². The van der Waals surface area contributed by atoms with Gasteiger partial charge in [-0.2, -0.15) is 9.97 Å². The zero-order chi connectivity index (χ0) is 24.9. The van der Waals surface area contributed by atoms with Crippen molar-refractivity contribution in [1.29, 1.82) is 0 Å². The molecule has 7 heteroatoms. The molecule has 4 fully saturated rings. The number of benzene rings is 2. The van der Waals surface area contributed by atoms with E-state index in [0.717, 1.165) is 50.7 Å². The van der Waals surface area contributed by atoms with Crippen LogP contribution in [0.25, 0.3) is 10.8 Å². The molecule has 1 N–H and O–H groups in total. The smallest absolute Gasteiger partial charge is 0.318 e. The first kappa shape index (κ1) is 23.2. The lowest BCUT2D eigenvalue weighted by Gasteiger charge is -2.47. The van der Waals surface area contributed by atoms with Crippen LogP contribution in [0.15, 0.2) is 36.4 Å². The van der Waals surface area contributed by atoms with Crippen molar-refractivity contribution in [3.63, 3.8) is 0 Å². The highest BCUT2D eigenvalue weighted by atomic mass is 16.5. The molecule has 8 rings (SSSR count). The van der Waals surface area contributed by atoms with E-state index >= 15 is 0 Å². The van der Waals surface area contributed by atoms with Gasteiger partial charge in [-0.15, -0.1) is 0 Å². The lowest BCUT2D eigenvalue weighted by molar-refractivity contribution is 0.187. The predicted molar refractivity (Wildman–Crippen MR) is 149 cm³/mol. The summed E-state index contributed by atoms with van der Waals surface area (Å²) in [5, 5.41) is 6.35. The first-order chi connectivity index (χ1) is 18.1. The fourth-order valence-electron chi connectivity index (χ4n) is 6.99. The van der Waals surface area contributed by atoms with E-state index in [2.05, 4.69) is 70.4 Å². The van der Waals surface area contributed by atoms with Crippen molar-refractivity contribution in [2.45, 2.75) is 63.7 Å². The van der Waals surface area contributed by atoms with Crippen molar-refractivity contribution in [3.05, 3.63) is 53.2 Å². The standard InChI is InChI=1S/C30H38N6O/c1-20-6-3-7-21-8-4-10-27(28(20)21)35-15-13-25-26(18-35)32-30(37-19-24-9-5-14-34(24)2)33-29(25)36-17-22-11-12-23(36)16-31-22/h3-4,6-8,10,22-24,31H,5,9,11-19H2,1-2H3/t22?,23?,24-/m0/s1. The van der Waals surface area contributed by atoms with Gasteiger partial charge in [-0.1, -0.05) is 30.3 Å². The average Bonchev–Trinajstić information content (AvgIpc) is 3.36. The van der Waals surface area contributed by atoms with Gasteiger partial charge in [0, 0.05) is 54.4 Å². The average molecular weight is 499 g/mol. The Balaban J connectivity index is 1.24. The van der Waals surface area contributed by atoms with Crippen molar-refractivity contribution >= 4 is 22.3 Å². The Morgan fingerprint density at radius 3 is 2.70 bits per heavy atom. The van der Waals surface area contributed by atoms with E-state index in [1.54, 1.807) is 0 Å². The third-order valence-corrected chi connectivity index (χ3v) is 9.15. The number of aryl methyl sites for hydroxylation is 1. The first-order valence-corrected chi connectivity index (χ1v) is 14.1. The largest absolute Gasteiger partial charge is 0.462 e. The minimum Gasteiger partial charge on any atom is -0.462 e. The van der Waals surface area contributed by atoms with Crippen LogP contribution < -0.4 is 19.9 Å². The second-order valence-corrected chi connectivity index (χ2v) is 11.5. The Bertz CT molecular complexity index is 1300. The molecular weight excluding hydrogens is 460 g/mol. The Morgan fingerprint density at radius 1 is 1.05 bits per heavy atom. The molecule has 1 aromatic heterocycles. The van der Waals surface area contributed by atoms with Crippen molar-refractivity contribution in [3.8, 4) is 6.01 Å². The zero-order valence-electron chi connectivity index (χ0n) is 22.1. The molecule has 7 nitrogen and oxygen atoms in total. The monoisotopic (exact) mass is 498 g/mol. The maximum Gasteiger partial charge on any atom is 0.318 e. The van der Waals surface area contributed by atoms with Crippen molar-refractivity contribution in [2.24, 2.45) is 0 Å². The molecule has 3 aromatic rings. The number of piperidine rings is 2. The number of rotatable bonds is 5. The predicted octanol–water partition coefficient (Wildman–Crippen LogP) is 3.91. The Morgan fingerprint density at radius 2 is 1.95 bits per heavy atom. The summed E-state index contributed by atoms with van der Waals surface area (Å²) in [5.74, 6) is 1.13. The molecule has 37 heavy (non-hydrogen) atoms. The van der Waals surface area contributed by atoms with Gasteiger partial charge >= 0.3 is 6.01 Å². The highest BCUT2D eigenvalue weighted by Gasteiger charge is 2.37. The van der Waals surface area contributed by atoms with E-state index in [1.807, 2.05) is 0 Å². The minimum absolute atomic E-state index is 0.452. The third-order valence-electron chi connectivity index (χ3n) is 9.15. The maximum absolute atomic E-state index is 6.34. The zero-order valence-corrected chi connectivity index (χ0v) is 22.1. The molecule has 0 saturated carbocycles. The van der Waals surface area contributed by atoms with Gasteiger partial charge in [0.1, 0.15) is 12.4 Å². The van der Waals surface area contributed by atoms with Crippen LogP contribution in [-0.4, -0.2) is 72.8 Å². The van der Waals surface area contributed by atoms with Crippen LogP contribution in [0.4, 0.5) is 11.5 Å². The maximum atomic E-state index is 6.34. The van der Waals surface area contributed by atoms with Gasteiger partial charge in [0.25, 0.3) is 0 Å². The van der Waals surface area contributed by atoms with E-state index in [-0.39, 0.29) is 0 Å². The first-order valence-electron chi connectivity index (χ1n) is 14.1. The van der Waals surface area contributed by atoms with E-state index in [9.17, 15) is 0 Å². The number of ether oxygens (including phenoxy) is 1. The fourth-order valence-corrected chi connectivity index (χ4v) is 6.99. The number of hydrogen-bond donors (Lipinski definition) is 1. The van der Waals surface area contributed by atoms with E-state index < -0.39 is 0 Å². The second-order valence-electron chi connectivity index (χ2n) is 11.5. The molecule has 0 radical (unpaired) electrons. The number of likely N-dealkylation sites (N-methyl/N-ethyl adjacent to an activating group) is 1. The molecule has 6 heterocycles. The van der Waals surface area contributed by atoms with E-state index in [4.69, 9.17) is 14.7 Å². The Hall–Kier alpha value is -2.90. The molecule has 0 amide bonds. The highest BCUT2D eigenvalue weighted by molar-refractivity contribution is 5.97. The van der Waals surface area contributed by atoms with E-state index in [1.165, 1.54) is 53.3 Å². The highest BCUT2D eigenvalue weighted by Crippen LogP contribution is 2.37. The molecule has 4 saturated heterocycles. The molecule has 5 aliphatic rings. The number of hydrogen-bond acceptors (Lipinski definition) is 7. The topological polar surface area (TPSA) is 56.8 Å². The van der Waals surface area contributed by atoms with Crippen LogP contribution in [0.2, 0.25) is 0 Å². The van der Waals surface area contributed by atoms with Crippen LogP contribution in [-0.2, 0) is 13.0 Å². The fraction of sp³-hybridized carbons (Fsp3) is 0.533. The lowest BCUT2D eigenvalue weighted by atomic mass is 9.92. The normalized spacial score (nSPS) is 25.6. The second kappa shape index (κ2) is 9.44. The number of nitrogens with zero attached hydrogens (tertiary/aromatic N) is 5. The van der Waals surface area contributed by atoms with Crippen molar-refractivity contribution in [2.75, 3.05) is 49.6 Å². The number of likely N-dealkylation sites (tertiary alicyclic amines) is 1. The number of anilines is 2. The summed E-state index contributed by atoms with van der Waals surface area (Å²) in [6, 6.07) is 15.3. The third kappa shape index (κ3) is 4.22. The SMILES string of the molecule is Cc1cccc2cccc(N3CCc4c(nc(OC[C@@H]5CCCN5C)nc4N4CC5CCC4CN5)C3)c12. The summed E-state index contributed by atoms with van der Waals surface area (Å²) in [4.78, 5) is 17.6. The molecule has 2 unspecified atom stereocenters. The van der Waals surface area contributed by atoms with E-state index in [0.29, 0.717) is 30.7 Å². The summed E-state index contributed by atoms with van der Waals surface area (Å²) >= 11 is 0. The molecule has 3 atom stereocenters. The number of piperazine rings is 1. The van der Waals surface area contributed by atoms with Gasteiger partial charge in [0.05, 0.1) is 12.2 Å². The van der Waals surface area contributed by atoms with Gasteiger partial charge in [0.2, 0.25) is 0 Å². The van der Waals surface area contributed by atoms with Crippen LogP contribution in [0.5, 0.6) is 6.01 Å². The molecular formula is C30H38N6O. The summed E-state index contributed by atoms with van der Waals surface area (Å²) in [6.45, 7) is 7.87. The van der Waals surface area contributed by atoms with Crippen molar-refractivity contribution < 1.29 is 4.74 Å². The van der Waals surface area contributed by atoms with Crippen LogP contribution >= 0.6 is 0 Å².